The number of para-hydroxylation sites is 1. The summed E-state index contributed by atoms with van der Waals surface area (Å²) < 4.78 is 35.7. The number of carbonyl (C=O) groups is 2. The van der Waals surface area contributed by atoms with Crippen LogP contribution < -0.4 is 14.4 Å². The van der Waals surface area contributed by atoms with E-state index in [0.29, 0.717) is 55.4 Å². The Balaban J connectivity index is 1.70. The maximum atomic E-state index is 12.9. The summed E-state index contributed by atoms with van der Waals surface area (Å²) in [5.41, 5.74) is 1.32. The van der Waals surface area contributed by atoms with Crippen molar-refractivity contribution in [1.29, 1.82) is 0 Å². The molecule has 10 heteroatoms. The van der Waals surface area contributed by atoms with Gasteiger partial charge < -0.3 is 19.7 Å². The second-order valence-electron chi connectivity index (χ2n) is 7.68. The molecule has 0 aromatic heterocycles. The van der Waals surface area contributed by atoms with Crippen LogP contribution in [0.25, 0.3) is 0 Å². The van der Waals surface area contributed by atoms with E-state index in [9.17, 15) is 18.0 Å². The highest BCUT2D eigenvalue weighted by atomic mass is 32.2. The molecule has 9 nitrogen and oxygen atoms in total. The quantitative estimate of drug-likeness (QED) is 0.628. The molecule has 0 spiro atoms. The Morgan fingerprint density at radius 3 is 2.36 bits per heavy atom. The summed E-state index contributed by atoms with van der Waals surface area (Å²) in [7, 11) is -1.91. The third-order valence-corrected chi connectivity index (χ3v) is 6.56. The first kappa shape index (κ1) is 24.5. The molecule has 1 heterocycles. The fourth-order valence-corrected chi connectivity index (χ4v) is 3.85. The van der Waals surface area contributed by atoms with Crippen LogP contribution in [0.2, 0.25) is 0 Å². The normalized spacial score (nSPS) is 14.9. The summed E-state index contributed by atoms with van der Waals surface area (Å²) in [4.78, 5) is 27.6. The average Bonchev–Trinajstić information content (AvgIpc) is 2.82. The molecule has 2 amide bonds. The highest BCUT2D eigenvalue weighted by Crippen LogP contribution is 2.23. The molecule has 3 rings (SSSR count). The van der Waals surface area contributed by atoms with E-state index in [1.165, 1.54) is 7.05 Å². The minimum atomic E-state index is -3.37. The van der Waals surface area contributed by atoms with Crippen molar-refractivity contribution in [1.82, 2.24) is 4.90 Å². The molecule has 1 N–H and O–H groups in total. The van der Waals surface area contributed by atoms with Gasteiger partial charge >= 0.3 is 0 Å². The van der Waals surface area contributed by atoms with Crippen LogP contribution in [0.5, 0.6) is 5.75 Å². The maximum Gasteiger partial charge on any atom is 0.265 e. The number of nitrogens with zero attached hydrogens (tertiary/aromatic N) is 2. The van der Waals surface area contributed by atoms with Gasteiger partial charge in [0.05, 0.1) is 36.4 Å². The van der Waals surface area contributed by atoms with E-state index in [2.05, 4.69) is 5.32 Å². The lowest BCUT2D eigenvalue weighted by Gasteiger charge is -2.27. The number of rotatable bonds is 8. The molecule has 1 fully saturated rings. The Kier molecular flexibility index (Phi) is 7.93. The highest BCUT2D eigenvalue weighted by Gasteiger charge is 2.24. The molecule has 0 radical (unpaired) electrons. The van der Waals surface area contributed by atoms with Crippen molar-refractivity contribution in [3.05, 3.63) is 54.1 Å². The molecule has 1 aliphatic rings. The van der Waals surface area contributed by atoms with Crippen molar-refractivity contribution >= 4 is 33.2 Å². The lowest BCUT2D eigenvalue weighted by Crippen LogP contribution is -2.41. The number of carbonyl (C=O) groups excluding carboxylic acids is 2. The fraction of sp³-hybridized carbons (Fsp3) is 0.391. The summed E-state index contributed by atoms with van der Waals surface area (Å²) >= 11 is 0. The predicted molar refractivity (Wildman–Crippen MR) is 126 cm³/mol. The van der Waals surface area contributed by atoms with Crippen LogP contribution in [0.1, 0.15) is 23.7 Å². The number of morpholine rings is 1. The zero-order chi connectivity index (χ0) is 24.0. The van der Waals surface area contributed by atoms with Crippen molar-refractivity contribution in [3.8, 4) is 5.75 Å². The third-order valence-electron chi connectivity index (χ3n) is 5.35. The number of ether oxygens (including phenoxy) is 2. The topological polar surface area (TPSA) is 105 Å². The Morgan fingerprint density at radius 1 is 1.12 bits per heavy atom. The molecule has 0 saturated carbocycles. The molecule has 0 aliphatic carbocycles. The lowest BCUT2D eigenvalue weighted by molar-refractivity contribution is -0.122. The van der Waals surface area contributed by atoms with Crippen LogP contribution in [0, 0.1) is 0 Å². The van der Waals surface area contributed by atoms with Crippen molar-refractivity contribution < 1.29 is 27.5 Å². The molecule has 1 aliphatic heterocycles. The van der Waals surface area contributed by atoms with Gasteiger partial charge in [-0.2, -0.15) is 0 Å². The van der Waals surface area contributed by atoms with Gasteiger partial charge in [0.2, 0.25) is 10.0 Å². The second kappa shape index (κ2) is 10.7. The molecule has 0 unspecified atom stereocenters. The van der Waals surface area contributed by atoms with Gasteiger partial charge in [-0.25, -0.2) is 8.42 Å². The molecule has 1 atom stereocenters. The average molecular weight is 476 g/mol. The van der Waals surface area contributed by atoms with Gasteiger partial charge in [0.25, 0.3) is 11.8 Å². The summed E-state index contributed by atoms with van der Waals surface area (Å²) in [5, 5.41) is 2.82. The first-order valence-corrected chi connectivity index (χ1v) is 12.5. The van der Waals surface area contributed by atoms with Gasteiger partial charge in [-0.05, 0) is 42.8 Å². The van der Waals surface area contributed by atoms with Gasteiger partial charge in [0.15, 0.2) is 6.10 Å². The summed E-state index contributed by atoms with van der Waals surface area (Å²) in [6.07, 6.45) is 0.724. The van der Waals surface area contributed by atoms with Crippen molar-refractivity contribution in [2.45, 2.75) is 19.4 Å². The van der Waals surface area contributed by atoms with Gasteiger partial charge in [-0.3, -0.25) is 13.9 Å². The van der Waals surface area contributed by atoms with Crippen molar-refractivity contribution in [2.24, 2.45) is 0 Å². The number of anilines is 2. The molecule has 178 valence electrons. The monoisotopic (exact) mass is 475 g/mol. The van der Waals surface area contributed by atoms with Gasteiger partial charge in [0, 0.05) is 20.1 Å². The minimum absolute atomic E-state index is 0.159. The summed E-state index contributed by atoms with van der Waals surface area (Å²) in [6.45, 7) is 3.81. The zero-order valence-corrected chi connectivity index (χ0v) is 19.8. The number of hydrogen-bond acceptors (Lipinski definition) is 6. The highest BCUT2D eigenvalue weighted by molar-refractivity contribution is 7.92. The SMILES string of the molecule is CC[C@@H](Oc1ccc(N(C)S(C)(=O)=O)cc1)C(=O)Nc1ccccc1C(=O)N1CCOCC1. The lowest BCUT2D eigenvalue weighted by atomic mass is 10.1. The summed E-state index contributed by atoms with van der Waals surface area (Å²) in [5.74, 6) is -0.105. The van der Waals surface area contributed by atoms with E-state index in [4.69, 9.17) is 9.47 Å². The zero-order valence-electron chi connectivity index (χ0n) is 19.0. The Bertz CT molecular complexity index is 1080. The first-order valence-electron chi connectivity index (χ1n) is 10.7. The first-order chi connectivity index (χ1) is 15.7. The Morgan fingerprint density at radius 2 is 1.76 bits per heavy atom. The van der Waals surface area contributed by atoms with Gasteiger partial charge in [-0.15, -0.1) is 0 Å². The molecule has 1 saturated heterocycles. The second-order valence-corrected chi connectivity index (χ2v) is 9.69. The third kappa shape index (κ3) is 6.23. The predicted octanol–water partition coefficient (Wildman–Crippen LogP) is 2.35. The van der Waals surface area contributed by atoms with Crippen molar-refractivity contribution in [3.63, 3.8) is 0 Å². The fourth-order valence-electron chi connectivity index (χ4n) is 3.34. The molecule has 0 bridgehead atoms. The standard InChI is InChI=1S/C23H29N3O6S/c1-4-21(32-18-11-9-17(10-12-18)25(2)33(3,29)30)22(27)24-20-8-6-5-7-19(20)23(28)26-13-15-31-16-14-26/h5-12,21H,4,13-16H2,1-3H3,(H,24,27)/t21-/m1/s1. The van der Waals surface area contributed by atoms with Crippen LogP contribution in [0.4, 0.5) is 11.4 Å². The van der Waals surface area contributed by atoms with E-state index in [1.54, 1.807) is 53.4 Å². The Labute approximate surface area is 194 Å². The van der Waals surface area contributed by atoms with Crippen LogP contribution in [0.15, 0.2) is 48.5 Å². The number of sulfonamides is 1. The van der Waals surface area contributed by atoms with Crippen LogP contribution in [-0.4, -0.2) is 70.8 Å². The van der Waals surface area contributed by atoms with Crippen LogP contribution in [-0.2, 0) is 19.6 Å². The van der Waals surface area contributed by atoms with E-state index in [1.807, 2.05) is 6.92 Å². The number of benzene rings is 2. The van der Waals surface area contributed by atoms with Crippen LogP contribution >= 0.6 is 0 Å². The molecule has 33 heavy (non-hydrogen) atoms. The largest absolute Gasteiger partial charge is 0.481 e. The van der Waals surface area contributed by atoms with E-state index >= 15 is 0 Å². The molecular formula is C23H29N3O6S. The van der Waals surface area contributed by atoms with Crippen molar-refractivity contribution in [2.75, 3.05) is 49.2 Å². The minimum Gasteiger partial charge on any atom is -0.481 e. The van der Waals surface area contributed by atoms with Gasteiger partial charge in [0.1, 0.15) is 5.75 Å². The van der Waals surface area contributed by atoms with E-state index in [0.717, 1.165) is 10.6 Å². The summed E-state index contributed by atoms with van der Waals surface area (Å²) in [6, 6.07) is 13.3. The Hall–Kier alpha value is -3.11. The van der Waals surface area contributed by atoms with E-state index in [-0.39, 0.29) is 11.8 Å². The van der Waals surface area contributed by atoms with Crippen LogP contribution in [0.3, 0.4) is 0 Å². The van der Waals surface area contributed by atoms with E-state index < -0.39 is 16.1 Å². The maximum absolute atomic E-state index is 12.9. The smallest absolute Gasteiger partial charge is 0.265 e. The van der Waals surface area contributed by atoms with Gasteiger partial charge in [-0.1, -0.05) is 19.1 Å². The molecule has 2 aromatic carbocycles. The molecular weight excluding hydrogens is 446 g/mol. The number of nitrogens with one attached hydrogen (secondary N) is 1. The number of amides is 2. The number of hydrogen-bond donors (Lipinski definition) is 1. The molecule has 2 aromatic rings.